The molecule has 0 spiro atoms. The van der Waals surface area contributed by atoms with Gasteiger partial charge in [-0.3, -0.25) is 4.79 Å². The van der Waals surface area contributed by atoms with Crippen LogP contribution in [0.15, 0.2) is 65.1 Å². The number of sulfonamides is 1. The standard InChI is InChI=1S/C29H37F2N3O7S/c1-29(2,3)41-28(36)33-13-5-16-39-18-19-40-17-14-32-27(35)25-12-15-34(26(25)21-8-10-22(30)11-9-21)42(37,38)24-7-4-6-23(31)20-24/h4,6-12,20,26H,5,13-19H2,1-3H3,(H,32,35)(H,33,36). The number of carbonyl (C=O) groups excluding carboxylic acids is 2. The molecule has 1 heterocycles. The molecule has 0 saturated heterocycles. The van der Waals surface area contributed by atoms with Crippen LogP contribution in [0.1, 0.15) is 38.8 Å². The molecule has 1 aliphatic rings. The van der Waals surface area contributed by atoms with Crippen molar-refractivity contribution in [2.24, 2.45) is 0 Å². The van der Waals surface area contributed by atoms with Crippen molar-refractivity contribution in [1.29, 1.82) is 0 Å². The van der Waals surface area contributed by atoms with Gasteiger partial charge in [0.2, 0.25) is 15.9 Å². The maximum absolute atomic E-state index is 13.8. The summed E-state index contributed by atoms with van der Waals surface area (Å²) in [4.78, 5) is 24.4. The van der Waals surface area contributed by atoms with Crippen molar-refractivity contribution in [2.75, 3.05) is 46.1 Å². The molecule has 0 saturated carbocycles. The number of hydrogen-bond acceptors (Lipinski definition) is 7. The van der Waals surface area contributed by atoms with Gasteiger partial charge in [0, 0.05) is 31.8 Å². The zero-order valence-corrected chi connectivity index (χ0v) is 24.7. The molecule has 2 aromatic rings. The van der Waals surface area contributed by atoms with Gasteiger partial charge in [-0.1, -0.05) is 24.3 Å². The largest absolute Gasteiger partial charge is 0.444 e. The molecule has 1 atom stereocenters. The van der Waals surface area contributed by atoms with Crippen molar-refractivity contribution in [3.8, 4) is 0 Å². The van der Waals surface area contributed by atoms with Gasteiger partial charge in [0.25, 0.3) is 0 Å². The summed E-state index contributed by atoms with van der Waals surface area (Å²) < 4.78 is 71.4. The number of nitrogens with one attached hydrogen (secondary N) is 2. The molecule has 230 valence electrons. The van der Waals surface area contributed by atoms with Gasteiger partial charge >= 0.3 is 6.09 Å². The van der Waals surface area contributed by atoms with Gasteiger partial charge < -0.3 is 24.8 Å². The molecule has 0 bridgehead atoms. The van der Waals surface area contributed by atoms with E-state index in [9.17, 15) is 26.8 Å². The number of alkyl carbamates (subject to hydrolysis) is 1. The van der Waals surface area contributed by atoms with E-state index in [1.807, 2.05) is 0 Å². The minimum atomic E-state index is -4.19. The average molecular weight is 610 g/mol. The highest BCUT2D eigenvalue weighted by atomic mass is 32.2. The van der Waals surface area contributed by atoms with Gasteiger partial charge in [0.15, 0.2) is 0 Å². The Morgan fingerprint density at radius 3 is 2.29 bits per heavy atom. The molecule has 1 unspecified atom stereocenters. The van der Waals surface area contributed by atoms with E-state index in [0.29, 0.717) is 31.7 Å². The molecule has 2 amide bonds. The number of amides is 2. The van der Waals surface area contributed by atoms with Crippen molar-refractivity contribution >= 4 is 22.0 Å². The van der Waals surface area contributed by atoms with Crippen LogP contribution in [0.5, 0.6) is 0 Å². The molecule has 10 nitrogen and oxygen atoms in total. The summed E-state index contributed by atoms with van der Waals surface area (Å²) in [5, 5.41) is 5.37. The van der Waals surface area contributed by atoms with Gasteiger partial charge in [-0.05, 0) is 63.1 Å². The summed E-state index contributed by atoms with van der Waals surface area (Å²) in [5.41, 5.74) is 0.0101. The molecule has 2 N–H and O–H groups in total. The Morgan fingerprint density at radius 1 is 0.929 bits per heavy atom. The SMILES string of the molecule is CC(C)(C)OC(=O)NCCCOCCOCCNC(=O)C1=CCN(S(=O)(=O)c2cccc(F)c2)C1c1ccc(F)cc1. The Labute approximate surface area is 245 Å². The number of halogens is 2. The van der Waals surface area contributed by atoms with E-state index < -0.39 is 45.3 Å². The molecular formula is C29H37F2N3O7S. The number of nitrogens with zero attached hydrogens (tertiary/aromatic N) is 1. The van der Waals surface area contributed by atoms with Crippen LogP contribution in [0.3, 0.4) is 0 Å². The molecule has 3 rings (SSSR count). The first kappa shape index (κ1) is 33.1. The van der Waals surface area contributed by atoms with Crippen molar-refractivity contribution < 1.29 is 41.0 Å². The van der Waals surface area contributed by atoms with E-state index >= 15 is 0 Å². The summed E-state index contributed by atoms with van der Waals surface area (Å²) in [6.07, 6.45) is 1.61. The molecule has 0 aliphatic carbocycles. The van der Waals surface area contributed by atoms with E-state index in [-0.39, 0.29) is 36.8 Å². The fourth-order valence-electron chi connectivity index (χ4n) is 4.11. The van der Waals surface area contributed by atoms with Crippen LogP contribution in [0, 0.1) is 11.6 Å². The summed E-state index contributed by atoms with van der Waals surface area (Å²) >= 11 is 0. The first-order valence-electron chi connectivity index (χ1n) is 13.5. The van der Waals surface area contributed by atoms with Gasteiger partial charge in [0.1, 0.15) is 17.2 Å². The third kappa shape index (κ3) is 9.86. The lowest BCUT2D eigenvalue weighted by Gasteiger charge is -2.27. The van der Waals surface area contributed by atoms with Crippen molar-refractivity contribution in [1.82, 2.24) is 14.9 Å². The van der Waals surface area contributed by atoms with Crippen molar-refractivity contribution in [2.45, 2.75) is 43.7 Å². The zero-order valence-electron chi connectivity index (χ0n) is 23.9. The monoisotopic (exact) mass is 609 g/mol. The Balaban J connectivity index is 1.45. The fraction of sp³-hybridized carbons (Fsp3) is 0.448. The third-order valence-corrected chi connectivity index (χ3v) is 7.79. The molecule has 42 heavy (non-hydrogen) atoms. The second-order valence-electron chi connectivity index (χ2n) is 10.4. The highest BCUT2D eigenvalue weighted by molar-refractivity contribution is 7.89. The lowest BCUT2D eigenvalue weighted by atomic mass is 10.00. The van der Waals surface area contributed by atoms with Gasteiger partial charge in [0.05, 0.1) is 30.8 Å². The number of hydrogen-bond donors (Lipinski definition) is 2. The molecular weight excluding hydrogens is 572 g/mol. The van der Waals surface area contributed by atoms with Crippen LogP contribution in [-0.4, -0.2) is 76.4 Å². The Bertz CT molecular complexity index is 1350. The minimum Gasteiger partial charge on any atom is -0.444 e. The van der Waals surface area contributed by atoms with E-state index in [1.54, 1.807) is 20.8 Å². The maximum Gasteiger partial charge on any atom is 0.407 e. The van der Waals surface area contributed by atoms with Crippen molar-refractivity contribution in [3.63, 3.8) is 0 Å². The normalized spacial score (nSPS) is 15.7. The topological polar surface area (TPSA) is 123 Å². The van der Waals surface area contributed by atoms with Crippen LogP contribution in [0.25, 0.3) is 0 Å². The van der Waals surface area contributed by atoms with Crippen LogP contribution >= 0.6 is 0 Å². The molecule has 1 aliphatic heterocycles. The number of carbonyl (C=O) groups is 2. The Kier molecular flexibility index (Phi) is 12.0. The smallest absolute Gasteiger partial charge is 0.407 e. The quantitative estimate of drug-likeness (QED) is 0.313. The number of rotatable bonds is 14. The summed E-state index contributed by atoms with van der Waals surface area (Å²) in [6.45, 7) is 7.03. The van der Waals surface area contributed by atoms with E-state index in [2.05, 4.69) is 10.6 Å². The first-order valence-corrected chi connectivity index (χ1v) is 15.0. The van der Waals surface area contributed by atoms with E-state index in [0.717, 1.165) is 16.4 Å². The minimum absolute atomic E-state index is 0.120. The second kappa shape index (κ2) is 15.2. The van der Waals surface area contributed by atoms with Crippen LogP contribution in [0.2, 0.25) is 0 Å². The third-order valence-electron chi connectivity index (χ3n) is 5.96. The summed E-state index contributed by atoms with van der Waals surface area (Å²) in [6, 6.07) is 8.79. The fourth-order valence-corrected chi connectivity index (χ4v) is 5.67. The number of benzene rings is 2. The molecule has 0 fully saturated rings. The summed E-state index contributed by atoms with van der Waals surface area (Å²) in [7, 11) is -4.19. The highest BCUT2D eigenvalue weighted by Crippen LogP contribution is 2.37. The Hall–Kier alpha value is -3.39. The van der Waals surface area contributed by atoms with Crippen LogP contribution in [0.4, 0.5) is 13.6 Å². The average Bonchev–Trinajstić information content (AvgIpc) is 3.37. The molecule has 2 aromatic carbocycles. The zero-order chi connectivity index (χ0) is 30.8. The highest BCUT2D eigenvalue weighted by Gasteiger charge is 2.40. The molecule has 0 radical (unpaired) electrons. The molecule has 13 heteroatoms. The van der Waals surface area contributed by atoms with Crippen LogP contribution in [-0.2, 0) is 29.0 Å². The van der Waals surface area contributed by atoms with Gasteiger partial charge in [-0.2, -0.15) is 4.31 Å². The second-order valence-corrected chi connectivity index (χ2v) is 12.3. The lowest BCUT2D eigenvalue weighted by Crippen LogP contribution is -2.36. The molecule has 0 aromatic heterocycles. The van der Waals surface area contributed by atoms with Crippen molar-refractivity contribution in [3.05, 3.63) is 77.4 Å². The predicted molar refractivity (Wildman–Crippen MR) is 151 cm³/mol. The Morgan fingerprint density at radius 2 is 1.62 bits per heavy atom. The number of ether oxygens (including phenoxy) is 3. The summed E-state index contributed by atoms with van der Waals surface area (Å²) in [5.74, 6) is -1.72. The maximum atomic E-state index is 13.8. The van der Waals surface area contributed by atoms with Gasteiger partial charge in [-0.25, -0.2) is 22.0 Å². The van der Waals surface area contributed by atoms with Crippen LogP contribution < -0.4 is 10.6 Å². The van der Waals surface area contributed by atoms with E-state index in [4.69, 9.17) is 14.2 Å². The van der Waals surface area contributed by atoms with Gasteiger partial charge in [-0.15, -0.1) is 0 Å². The first-order chi connectivity index (χ1) is 19.9. The predicted octanol–water partition coefficient (Wildman–Crippen LogP) is 3.70. The van der Waals surface area contributed by atoms with E-state index in [1.165, 1.54) is 42.5 Å². The lowest BCUT2D eigenvalue weighted by molar-refractivity contribution is -0.118.